The zero-order chi connectivity index (χ0) is 12.8. The van der Waals surface area contributed by atoms with Crippen LogP contribution in [-0.2, 0) is 0 Å². The summed E-state index contributed by atoms with van der Waals surface area (Å²) < 4.78 is 18.6. The summed E-state index contributed by atoms with van der Waals surface area (Å²) in [6.07, 6.45) is 2.26. The summed E-state index contributed by atoms with van der Waals surface area (Å²) in [5, 5.41) is 3.26. The maximum absolute atomic E-state index is 13.6. The van der Waals surface area contributed by atoms with Crippen LogP contribution in [0.25, 0.3) is 0 Å². The van der Waals surface area contributed by atoms with E-state index in [9.17, 15) is 4.39 Å². The highest BCUT2D eigenvalue weighted by molar-refractivity contribution is 5.31. The number of benzene rings is 1. The Morgan fingerprint density at radius 3 is 2.59 bits per heavy atom. The molecule has 0 radical (unpaired) electrons. The molecule has 17 heavy (non-hydrogen) atoms. The van der Waals surface area contributed by atoms with Crippen molar-refractivity contribution >= 4 is 0 Å². The third kappa shape index (κ3) is 3.43. The van der Waals surface area contributed by atoms with Crippen LogP contribution >= 0.6 is 0 Å². The molecule has 0 amide bonds. The Bertz CT molecular complexity index is 354. The SMILES string of the molecule is CCCC(C)C(NC)c1ccc(OC)c(F)c1. The number of hydrogen-bond acceptors (Lipinski definition) is 2. The lowest BCUT2D eigenvalue weighted by Gasteiger charge is -2.24. The zero-order valence-corrected chi connectivity index (χ0v) is 11.1. The van der Waals surface area contributed by atoms with E-state index in [1.165, 1.54) is 7.11 Å². The molecule has 1 rings (SSSR count). The monoisotopic (exact) mass is 239 g/mol. The lowest BCUT2D eigenvalue weighted by Crippen LogP contribution is -2.23. The van der Waals surface area contributed by atoms with Crippen molar-refractivity contribution in [3.05, 3.63) is 29.6 Å². The number of nitrogens with one attached hydrogen (secondary N) is 1. The second-order valence-electron chi connectivity index (χ2n) is 4.43. The van der Waals surface area contributed by atoms with E-state index in [-0.39, 0.29) is 11.9 Å². The summed E-state index contributed by atoms with van der Waals surface area (Å²) in [6.45, 7) is 4.35. The van der Waals surface area contributed by atoms with Crippen molar-refractivity contribution in [2.45, 2.75) is 32.7 Å². The largest absolute Gasteiger partial charge is 0.494 e. The highest BCUT2D eigenvalue weighted by Gasteiger charge is 2.18. The summed E-state index contributed by atoms with van der Waals surface area (Å²) in [5.74, 6) is 0.485. The number of hydrogen-bond donors (Lipinski definition) is 1. The molecule has 0 saturated heterocycles. The fourth-order valence-corrected chi connectivity index (χ4v) is 2.28. The van der Waals surface area contributed by atoms with Gasteiger partial charge < -0.3 is 10.1 Å². The molecule has 0 aliphatic carbocycles. The van der Waals surface area contributed by atoms with Crippen molar-refractivity contribution in [3.63, 3.8) is 0 Å². The Labute approximate surface area is 103 Å². The summed E-state index contributed by atoms with van der Waals surface area (Å²) in [4.78, 5) is 0. The topological polar surface area (TPSA) is 21.3 Å². The molecule has 1 aromatic rings. The third-order valence-electron chi connectivity index (χ3n) is 3.16. The first-order chi connectivity index (χ1) is 8.13. The Morgan fingerprint density at radius 1 is 1.41 bits per heavy atom. The number of methoxy groups -OCH3 is 1. The molecule has 2 atom stereocenters. The van der Waals surface area contributed by atoms with Gasteiger partial charge in [-0.2, -0.15) is 0 Å². The average Bonchev–Trinajstić information content (AvgIpc) is 2.30. The molecule has 1 N–H and O–H groups in total. The molecule has 0 heterocycles. The van der Waals surface area contributed by atoms with E-state index in [2.05, 4.69) is 19.2 Å². The van der Waals surface area contributed by atoms with Gasteiger partial charge in [0.2, 0.25) is 0 Å². The van der Waals surface area contributed by atoms with Crippen molar-refractivity contribution in [3.8, 4) is 5.75 Å². The molecule has 0 fully saturated rings. The van der Waals surface area contributed by atoms with E-state index in [4.69, 9.17) is 4.74 Å². The summed E-state index contributed by atoms with van der Waals surface area (Å²) in [6, 6.07) is 5.37. The van der Waals surface area contributed by atoms with Crippen LogP contribution in [0.5, 0.6) is 5.75 Å². The van der Waals surface area contributed by atoms with Gasteiger partial charge in [-0.1, -0.05) is 26.3 Å². The Kier molecular flexibility index (Phi) is 5.42. The maximum Gasteiger partial charge on any atom is 0.165 e. The van der Waals surface area contributed by atoms with Crippen molar-refractivity contribution in [1.82, 2.24) is 5.32 Å². The van der Waals surface area contributed by atoms with Crippen LogP contribution in [-0.4, -0.2) is 14.2 Å². The minimum atomic E-state index is -0.297. The van der Waals surface area contributed by atoms with Crippen LogP contribution < -0.4 is 10.1 Å². The normalized spacial score (nSPS) is 14.4. The van der Waals surface area contributed by atoms with E-state index in [0.717, 1.165) is 18.4 Å². The Balaban J connectivity index is 2.92. The Hall–Kier alpha value is -1.09. The molecular weight excluding hydrogens is 217 g/mol. The highest BCUT2D eigenvalue weighted by atomic mass is 19.1. The molecule has 1 aromatic carbocycles. The van der Waals surface area contributed by atoms with E-state index in [0.29, 0.717) is 11.7 Å². The molecule has 0 bridgehead atoms. The predicted octanol–water partition coefficient (Wildman–Crippen LogP) is 3.53. The van der Waals surface area contributed by atoms with Gasteiger partial charge >= 0.3 is 0 Å². The van der Waals surface area contributed by atoms with Gasteiger partial charge in [0.1, 0.15) is 0 Å². The molecule has 0 saturated carbocycles. The van der Waals surface area contributed by atoms with E-state index in [1.807, 2.05) is 13.1 Å². The molecule has 2 nitrogen and oxygen atoms in total. The lowest BCUT2D eigenvalue weighted by atomic mass is 9.91. The first-order valence-electron chi connectivity index (χ1n) is 6.14. The van der Waals surface area contributed by atoms with E-state index >= 15 is 0 Å². The van der Waals surface area contributed by atoms with Gasteiger partial charge in [-0.05, 0) is 37.1 Å². The summed E-state index contributed by atoms with van der Waals surface area (Å²) in [7, 11) is 3.40. The van der Waals surface area contributed by atoms with Gasteiger partial charge in [-0.15, -0.1) is 0 Å². The number of halogens is 1. The lowest BCUT2D eigenvalue weighted by molar-refractivity contribution is 0.373. The first-order valence-corrected chi connectivity index (χ1v) is 6.14. The fraction of sp³-hybridized carbons (Fsp3) is 0.571. The van der Waals surface area contributed by atoms with Crippen LogP contribution in [0.4, 0.5) is 4.39 Å². The Morgan fingerprint density at radius 2 is 2.12 bits per heavy atom. The average molecular weight is 239 g/mol. The molecule has 0 aliphatic rings. The van der Waals surface area contributed by atoms with Crippen molar-refractivity contribution < 1.29 is 9.13 Å². The van der Waals surface area contributed by atoms with E-state index in [1.54, 1.807) is 12.1 Å². The van der Waals surface area contributed by atoms with Crippen molar-refractivity contribution in [2.75, 3.05) is 14.2 Å². The maximum atomic E-state index is 13.6. The summed E-state index contributed by atoms with van der Waals surface area (Å²) in [5.41, 5.74) is 0.978. The van der Waals surface area contributed by atoms with Crippen molar-refractivity contribution in [2.24, 2.45) is 5.92 Å². The van der Waals surface area contributed by atoms with Crippen LogP contribution in [0, 0.1) is 11.7 Å². The van der Waals surface area contributed by atoms with Crippen LogP contribution in [0.15, 0.2) is 18.2 Å². The minimum Gasteiger partial charge on any atom is -0.494 e. The molecule has 0 aromatic heterocycles. The third-order valence-corrected chi connectivity index (χ3v) is 3.16. The van der Waals surface area contributed by atoms with Gasteiger partial charge in [-0.3, -0.25) is 0 Å². The molecular formula is C14H22FNO. The van der Waals surface area contributed by atoms with Gasteiger partial charge in [-0.25, -0.2) is 4.39 Å². The molecule has 3 heteroatoms. The van der Waals surface area contributed by atoms with Crippen LogP contribution in [0.2, 0.25) is 0 Å². The standard InChI is InChI=1S/C14H22FNO/c1-5-6-10(2)14(16-3)11-7-8-13(17-4)12(15)9-11/h7-10,14,16H,5-6H2,1-4H3. The first kappa shape index (κ1) is 14.0. The van der Waals surface area contributed by atoms with Gasteiger partial charge in [0, 0.05) is 6.04 Å². The molecule has 0 spiro atoms. The van der Waals surface area contributed by atoms with Gasteiger partial charge in [0.15, 0.2) is 11.6 Å². The van der Waals surface area contributed by atoms with Crippen LogP contribution in [0.3, 0.4) is 0 Å². The minimum absolute atomic E-state index is 0.190. The van der Waals surface area contributed by atoms with Crippen molar-refractivity contribution in [1.29, 1.82) is 0 Å². The van der Waals surface area contributed by atoms with E-state index < -0.39 is 0 Å². The molecule has 96 valence electrons. The second kappa shape index (κ2) is 6.60. The van der Waals surface area contributed by atoms with Gasteiger partial charge in [0.25, 0.3) is 0 Å². The molecule has 2 unspecified atom stereocenters. The molecule has 0 aliphatic heterocycles. The highest BCUT2D eigenvalue weighted by Crippen LogP contribution is 2.28. The number of ether oxygens (including phenoxy) is 1. The smallest absolute Gasteiger partial charge is 0.165 e. The quantitative estimate of drug-likeness (QED) is 0.820. The second-order valence-corrected chi connectivity index (χ2v) is 4.43. The van der Waals surface area contributed by atoms with Crippen LogP contribution in [0.1, 0.15) is 38.3 Å². The fourth-order valence-electron chi connectivity index (χ4n) is 2.28. The van der Waals surface area contributed by atoms with Gasteiger partial charge in [0.05, 0.1) is 7.11 Å². The summed E-state index contributed by atoms with van der Waals surface area (Å²) >= 11 is 0. The number of rotatable bonds is 6. The predicted molar refractivity (Wildman–Crippen MR) is 68.8 cm³/mol. The zero-order valence-electron chi connectivity index (χ0n) is 11.1.